The fourth-order valence-electron chi connectivity index (χ4n) is 2.22. The number of amides is 1. The molecule has 110 valence electrons. The Bertz CT molecular complexity index is 312. The van der Waals surface area contributed by atoms with Crippen LogP contribution in [0.15, 0.2) is 0 Å². The minimum Gasteiger partial charge on any atom is -0.481 e. The molecule has 0 bridgehead atoms. The van der Waals surface area contributed by atoms with E-state index in [0.29, 0.717) is 6.54 Å². The average Bonchev–Trinajstić information content (AvgIpc) is 2.39. The number of piperidine rings is 1. The van der Waals surface area contributed by atoms with Crippen molar-refractivity contribution in [3.05, 3.63) is 0 Å². The summed E-state index contributed by atoms with van der Waals surface area (Å²) in [6.07, 6.45) is 2.45. The third-order valence-electron chi connectivity index (χ3n) is 4.16. The number of carbonyl (C=O) groups excluding carboxylic acids is 1. The van der Waals surface area contributed by atoms with Crippen LogP contribution in [0.5, 0.6) is 0 Å². The molecule has 0 radical (unpaired) electrons. The van der Waals surface area contributed by atoms with Gasteiger partial charge in [-0.3, -0.25) is 9.59 Å². The van der Waals surface area contributed by atoms with E-state index in [1.165, 1.54) is 12.8 Å². The molecule has 1 rings (SSSR count). The van der Waals surface area contributed by atoms with Crippen LogP contribution in [-0.4, -0.2) is 48.1 Å². The van der Waals surface area contributed by atoms with Crippen LogP contribution in [0.2, 0.25) is 0 Å². The minimum atomic E-state index is -0.923. The van der Waals surface area contributed by atoms with Crippen LogP contribution in [0.4, 0.5) is 0 Å². The van der Waals surface area contributed by atoms with Crippen molar-refractivity contribution in [2.45, 2.75) is 33.6 Å². The number of hydrogen-bond acceptors (Lipinski definition) is 3. The Kier molecular flexibility index (Phi) is 6.28. The van der Waals surface area contributed by atoms with E-state index in [1.807, 2.05) is 0 Å². The smallest absolute Gasteiger partial charge is 0.307 e. The van der Waals surface area contributed by atoms with Gasteiger partial charge in [-0.25, -0.2) is 0 Å². The molecule has 0 saturated carbocycles. The molecular weight excluding hydrogens is 244 g/mol. The van der Waals surface area contributed by atoms with Gasteiger partial charge >= 0.3 is 5.97 Å². The van der Waals surface area contributed by atoms with E-state index < -0.39 is 17.8 Å². The van der Waals surface area contributed by atoms with Crippen LogP contribution in [-0.2, 0) is 9.59 Å². The van der Waals surface area contributed by atoms with E-state index in [9.17, 15) is 9.59 Å². The van der Waals surface area contributed by atoms with Gasteiger partial charge in [0.15, 0.2) is 0 Å². The van der Waals surface area contributed by atoms with E-state index in [4.69, 9.17) is 5.11 Å². The molecule has 5 heteroatoms. The molecule has 0 aliphatic carbocycles. The highest BCUT2D eigenvalue weighted by atomic mass is 16.4. The number of carboxylic acid groups (broad SMARTS) is 1. The maximum Gasteiger partial charge on any atom is 0.307 e. The summed E-state index contributed by atoms with van der Waals surface area (Å²) in [7, 11) is 0. The number of carbonyl (C=O) groups is 2. The van der Waals surface area contributed by atoms with Crippen molar-refractivity contribution in [3.8, 4) is 0 Å². The molecule has 1 saturated heterocycles. The van der Waals surface area contributed by atoms with Gasteiger partial charge in [-0.1, -0.05) is 20.8 Å². The lowest BCUT2D eigenvalue weighted by Crippen LogP contribution is -2.41. The summed E-state index contributed by atoms with van der Waals surface area (Å²) in [6, 6.07) is 0. The highest BCUT2D eigenvalue weighted by molar-refractivity contribution is 5.84. The predicted molar refractivity (Wildman–Crippen MR) is 73.8 cm³/mol. The second kappa shape index (κ2) is 7.48. The second-order valence-electron chi connectivity index (χ2n) is 5.73. The van der Waals surface area contributed by atoms with Crippen molar-refractivity contribution in [2.75, 3.05) is 26.2 Å². The highest BCUT2D eigenvalue weighted by Gasteiger charge is 2.25. The van der Waals surface area contributed by atoms with Crippen molar-refractivity contribution in [2.24, 2.45) is 17.8 Å². The molecule has 19 heavy (non-hydrogen) atoms. The van der Waals surface area contributed by atoms with E-state index in [0.717, 1.165) is 25.6 Å². The Morgan fingerprint density at radius 1 is 1.26 bits per heavy atom. The number of hydrogen-bond donors (Lipinski definition) is 2. The van der Waals surface area contributed by atoms with Gasteiger partial charge in [-0.15, -0.1) is 0 Å². The lowest BCUT2D eigenvalue weighted by Gasteiger charge is -2.30. The van der Waals surface area contributed by atoms with Gasteiger partial charge in [-0.2, -0.15) is 0 Å². The summed E-state index contributed by atoms with van der Waals surface area (Å²) in [4.78, 5) is 25.0. The third-order valence-corrected chi connectivity index (χ3v) is 4.16. The zero-order valence-corrected chi connectivity index (χ0v) is 12.2. The standard InChI is InChI=1S/C14H26N2O3/c1-10-4-7-16(8-5-10)9-6-15-13(17)11(2)12(3)14(18)19/h10-12H,4-9H2,1-3H3,(H,15,17)(H,18,19). The lowest BCUT2D eigenvalue weighted by molar-refractivity contribution is -0.146. The van der Waals surface area contributed by atoms with Crippen molar-refractivity contribution in [3.63, 3.8) is 0 Å². The maximum absolute atomic E-state index is 11.8. The normalized spacial score (nSPS) is 20.8. The van der Waals surface area contributed by atoms with Crippen molar-refractivity contribution in [1.29, 1.82) is 0 Å². The van der Waals surface area contributed by atoms with Crippen LogP contribution >= 0.6 is 0 Å². The largest absolute Gasteiger partial charge is 0.481 e. The van der Waals surface area contributed by atoms with Crippen molar-refractivity contribution >= 4 is 11.9 Å². The Morgan fingerprint density at radius 3 is 2.37 bits per heavy atom. The first kappa shape index (κ1) is 16.0. The van der Waals surface area contributed by atoms with Crippen LogP contribution in [0.25, 0.3) is 0 Å². The molecular formula is C14H26N2O3. The summed E-state index contributed by atoms with van der Waals surface area (Å²) in [6.45, 7) is 9.15. The Balaban J connectivity index is 2.21. The first-order chi connectivity index (χ1) is 8.91. The number of likely N-dealkylation sites (tertiary alicyclic amines) is 1. The molecule has 1 heterocycles. The van der Waals surface area contributed by atoms with Crippen molar-refractivity contribution < 1.29 is 14.7 Å². The van der Waals surface area contributed by atoms with Gasteiger partial charge in [0.25, 0.3) is 0 Å². The molecule has 2 atom stereocenters. The first-order valence-electron chi connectivity index (χ1n) is 7.14. The van der Waals surface area contributed by atoms with Gasteiger partial charge in [0.05, 0.1) is 5.92 Å². The van der Waals surface area contributed by atoms with Gasteiger partial charge in [0.1, 0.15) is 0 Å². The lowest BCUT2D eigenvalue weighted by atomic mass is 9.95. The molecule has 0 aromatic heterocycles. The van der Waals surface area contributed by atoms with Crippen molar-refractivity contribution in [1.82, 2.24) is 10.2 Å². The molecule has 1 fully saturated rings. The monoisotopic (exact) mass is 270 g/mol. The summed E-state index contributed by atoms with van der Waals surface area (Å²) >= 11 is 0. The van der Waals surface area contributed by atoms with E-state index in [-0.39, 0.29) is 5.91 Å². The van der Waals surface area contributed by atoms with Gasteiger partial charge in [0.2, 0.25) is 5.91 Å². The number of nitrogens with zero attached hydrogens (tertiary/aromatic N) is 1. The SMILES string of the molecule is CC1CCN(CCNC(=O)C(C)C(C)C(=O)O)CC1. The first-order valence-corrected chi connectivity index (χ1v) is 7.14. The molecule has 0 spiro atoms. The Labute approximate surface area is 115 Å². The summed E-state index contributed by atoms with van der Waals surface area (Å²) in [5.41, 5.74) is 0. The minimum absolute atomic E-state index is 0.166. The third kappa shape index (κ3) is 5.19. The zero-order chi connectivity index (χ0) is 14.4. The Morgan fingerprint density at radius 2 is 1.84 bits per heavy atom. The highest BCUT2D eigenvalue weighted by Crippen LogP contribution is 2.15. The molecule has 5 nitrogen and oxygen atoms in total. The van der Waals surface area contributed by atoms with E-state index >= 15 is 0 Å². The molecule has 0 aromatic rings. The maximum atomic E-state index is 11.8. The molecule has 1 aliphatic rings. The zero-order valence-electron chi connectivity index (χ0n) is 12.2. The number of nitrogens with one attached hydrogen (secondary N) is 1. The number of rotatable bonds is 6. The quantitative estimate of drug-likeness (QED) is 0.760. The molecule has 1 amide bonds. The fraction of sp³-hybridized carbons (Fsp3) is 0.857. The van der Waals surface area contributed by atoms with Gasteiger partial charge in [0, 0.05) is 19.0 Å². The summed E-state index contributed by atoms with van der Waals surface area (Å²) in [5.74, 6) is -1.41. The molecule has 2 N–H and O–H groups in total. The van der Waals surface area contributed by atoms with E-state index in [1.54, 1.807) is 13.8 Å². The van der Waals surface area contributed by atoms with Gasteiger partial charge in [-0.05, 0) is 31.8 Å². The average molecular weight is 270 g/mol. The van der Waals surface area contributed by atoms with Crippen LogP contribution < -0.4 is 5.32 Å². The topological polar surface area (TPSA) is 69.6 Å². The van der Waals surface area contributed by atoms with Gasteiger partial charge < -0.3 is 15.3 Å². The molecule has 0 aromatic carbocycles. The number of carboxylic acids is 1. The Hall–Kier alpha value is -1.10. The summed E-state index contributed by atoms with van der Waals surface area (Å²) in [5, 5.41) is 11.7. The van der Waals surface area contributed by atoms with Crippen LogP contribution in [0, 0.1) is 17.8 Å². The second-order valence-corrected chi connectivity index (χ2v) is 5.73. The van der Waals surface area contributed by atoms with Crippen LogP contribution in [0.1, 0.15) is 33.6 Å². The summed E-state index contributed by atoms with van der Waals surface area (Å²) < 4.78 is 0. The van der Waals surface area contributed by atoms with E-state index in [2.05, 4.69) is 17.1 Å². The predicted octanol–water partition coefficient (Wildman–Crippen LogP) is 1.19. The molecule has 1 aliphatic heterocycles. The van der Waals surface area contributed by atoms with Crippen LogP contribution in [0.3, 0.4) is 0 Å². The fourth-order valence-corrected chi connectivity index (χ4v) is 2.22. The molecule has 2 unspecified atom stereocenters. The number of aliphatic carboxylic acids is 1.